The number of carbonyl (C=O) groups is 1. The average Bonchev–Trinajstić information content (AvgIpc) is 3.04. The first kappa shape index (κ1) is 22.5. The Morgan fingerprint density at radius 2 is 1.93 bits per heavy atom. The quantitative estimate of drug-likeness (QED) is 0.676. The van der Waals surface area contributed by atoms with Crippen LogP contribution in [0, 0.1) is 0 Å². The zero-order valence-electron chi connectivity index (χ0n) is 17.2. The van der Waals surface area contributed by atoms with Crippen molar-refractivity contribution >= 4 is 23.4 Å². The lowest BCUT2D eigenvalue weighted by Crippen LogP contribution is -2.48. The number of aromatic nitrogens is 3. The fourth-order valence-corrected chi connectivity index (χ4v) is 4.52. The van der Waals surface area contributed by atoms with Crippen molar-refractivity contribution in [2.75, 3.05) is 11.1 Å². The van der Waals surface area contributed by atoms with Crippen molar-refractivity contribution in [3.8, 4) is 0 Å². The van der Waals surface area contributed by atoms with Crippen molar-refractivity contribution in [3.63, 3.8) is 0 Å². The first-order chi connectivity index (χ1) is 14.2. The number of nitrogens with one attached hydrogen (secondary N) is 1. The summed E-state index contributed by atoms with van der Waals surface area (Å²) in [6.45, 7) is 4.38. The van der Waals surface area contributed by atoms with Crippen molar-refractivity contribution in [1.29, 1.82) is 0 Å². The van der Waals surface area contributed by atoms with E-state index < -0.39 is 11.7 Å². The van der Waals surface area contributed by atoms with Crippen LogP contribution in [0.1, 0.15) is 44.5 Å². The summed E-state index contributed by atoms with van der Waals surface area (Å²) in [4.78, 5) is 14.6. The summed E-state index contributed by atoms with van der Waals surface area (Å²) in [6.07, 6.45) is -1.20. The molecule has 1 aliphatic heterocycles. The summed E-state index contributed by atoms with van der Waals surface area (Å²) >= 11 is 1.32. The second-order valence-electron chi connectivity index (χ2n) is 7.61. The van der Waals surface area contributed by atoms with Crippen LogP contribution in [0.4, 0.5) is 18.9 Å². The van der Waals surface area contributed by atoms with Crippen molar-refractivity contribution in [2.45, 2.75) is 63.1 Å². The average molecular weight is 442 g/mol. The minimum absolute atomic E-state index is 0.0892. The standard InChI is InChI=1S/C20H26F3N5OS/c1-13-6-4-7-14(2)28(13)18(29)12-30-19-26-25-17(27(19)3)11-24-16-9-5-8-15(10-16)20(21,22)23/h5,8-10,13-14,24H,4,6-7,11-12H2,1-3H3/t13-,14-/m1/s1. The third kappa shape index (κ3) is 5.27. The van der Waals surface area contributed by atoms with E-state index >= 15 is 0 Å². The maximum absolute atomic E-state index is 12.8. The third-order valence-electron chi connectivity index (χ3n) is 5.37. The summed E-state index contributed by atoms with van der Waals surface area (Å²) in [5, 5.41) is 11.8. The molecule has 1 aromatic heterocycles. The predicted octanol–water partition coefficient (Wildman–Crippen LogP) is 4.33. The van der Waals surface area contributed by atoms with Gasteiger partial charge in [0.15, 0.2) is 11.0 Å². The molecule has 164 valence electrons. The van der Waals surface area contributed by atoms with E-state index in [1.165, 1.54) is 17.8 Å². The fraction of sp³-hybridized carbons (Fsp3) is 0.550. The van der Waals surface area contributed by atoms with E-state index in [0.29, 0.717) is 16.7 Å². The number of hydrogen-bond donors (Lipinski definition) is 1. The Labute approximate surface area is 178 Å². The number of benzene rings is 1. The minimum atomic E-state index is -4.39. The smallest absolute Gasteiger partial charge is 0.378 e. The van der Waals surface area contributed by atoms with Gasteiger partial charge in [0.1, 0.15) is 0 Å². The molecule has 1 saturated heterocycles. The molecule has 30 heavy (non-hydrogen) atoms. The highest BCUT2D eigenvalue weighted by Crippen LogP contribution is 2.31. The van der Waals surface area contributed by atoms with Gasteiger partial charge in [0.2, 0.25) is 5.91 Å². The summed E-state index contributed by atoms with van der Waals surface area (Å²) in [6, 6.07) is 5.51. The fourth-order valence-electron chi connectivity index (χ4n) is 3.73. The molecule has 0 radical (unpaired) electrons. The van der Waals surface area contributed by atoms with Gasteiger partial charge in [-0.15, -0.1) is 10.2 Å². The Morgan fingerprint density at radius 3 is 2.60 bits per heavy atom. The van der Waals surface area contributed by atoms with Crippen LogP contribution in [0.3, 0.4) is 0 Å². The Bertz CT molecular complexity index is 876. The van der Waals surface area contributed by atoms with Gasteiger partial charge in [0, 0.05) is 24.8 Å². The lowest BCUT2D eigenvalue weighted by molar-refractivity contribution is -0.137. The van der Waals surface area contributed by atoms with Gasteiger partial charge in [0.05, 0.1) is 17.9 Å². The van der Waals surface area contributed by atoms with Gasteiger partial charge in [-0.2, -0.15) is 13.2 Å². The number of piperidine rings is 1. The second-order valence-corrected chi connectivity index (χ2v) is 8.55. The van der Waals surface area contributed by atoms with Crippen LogP contribution < -0.4 is 5.32 Å². The number of alkyl halides is 3. The van der Waals surface area contributed by atoms with Gasteiger partial charge in [-0.3, -0.25) is 4.79 Å². The van der Waals surface area contributed by atoms with Gasteiger partial charge < -0.3 is 14.8 Å². The van der Waals surface area contributed by atoms with Crippen LogP contribution in [0.2, 0.25) is 0 Å². The first-order valence-electron chi connectivity index (χ1n) is 9.90. The highest BCUT2D eigenvalue weighted by Gasteiger charge is 2.30. The monoisotopic (exact) mass is 441 g/mol. The SMILES string of the molecule is C[C@@H]1CCC[C@@H](C)N1C(=O)CSc1nnc(CNc2cccc(C(F)(F)F)c2)n1C. The van der Waals surface area contributed by atoms with E-state index in [0.717, 1.165) is 31.4 Å². The molecule has 1 N–H and O–H groups in total. The Balaban J connectivity index is 1.58. The molecule has 2 heterocycles. The summed E-state index contributed by atoms with van der Waals surface area (Å²) in [7, 11) is 1.78. The molecule has 0 unspecified atom stereocenters. The van der Waals surface area contributed by atoms with E-state index in [4.69, 9.17) is 0 Å². The Morgan fingerprint density at radius 1 is 1.23 bits per heavy atom. The molecular weight excluding hydrogens is 415 g/mol. The molecule has 1 amide bonds. The van der Waals surface area contributed by atoms with Gasteiger partial charge in [-0.05, 0) is 51.3 Å². The zero-order chi connectivity index (χ0) is 21.9. The summed E-state index contributed by atoms with van der Waals surface area (Å²) in [5.74, 6) is 0.940. The van der Waals surface area contributed by atoms with Crippen LogP contribution in [0.25, 0.3) is 0 Å². The number of carbonyl (C=O) groups excluding carboxylic acids is 1. The summed E-state index contributed by atoms with van der Waals surface area (Å²) in [5.41, 5.74) is -0.355. The topological polar surface area (TPSA) is 63.1 Å². The van der Waals surface area contributed by atoms with Crippen LogP contribution in [-0.2, 0) is 24.6 Å². The third-order valence-corrected chi connectivity index (χ3v) is 6.38. The van der Waals surface area contributed by atoms with Crippen LogP contribution >= 0.6 is 11.8 Å². The van der Waals surface area contributed by atoms with Crippen molar-refractivity contribution in [3.05, 3.63) is 35.7 Å². The lowest BCUT2D eigenvalue weighted by Gasteiger charge is -2.39. The molecule has 3 rings (SSSR count). The maximum Gasteiger partial charge on any atom is 0.416 e. The molecule has 1 aromatic carbocycles. The number of rotatable bonds is 6. The molecule has 6 nitrogen and oxygen atoms in total. The number of halogens is 3. The van der Waals surface area contributed by atoms with Gasteiger partial charge in [0.25, 0.3) is 0 Å². The van der Waals surface area contributed by atoms with Crippen LogP contribution in [0.5, 0.6) is 0 Å². The van der Waals surface area contributed by atoms with Gasteiger partial charge >= 0.3 is 6.18 Å². The van der Waals surface area contributed by atoms with E-state index in [1.807, 2.05) is 4.90 Å². The molecule has 0 spiro atoms. The molecular formula is C20H26F3N5OS. The Hall–Kier alpha value is -2.23. The van der Waals surface area contributed by atoms with E-state index in [2.05, 4.69) is 29.4 Å². The van der Waals surface area contributed by atoms with Gasteiger partial charge in [-0.25, -0.2) is 0 Å². The number of nitrogens with zero attached hydrogens (tertiary/aromatic N) is 4. The molecule has 1 aliphatic rings. The molecule has 1 fully saturated rings. The van der Waals surface area contributed by atoms with Crippen molar-refractivity contribution in [1.82, 2.24) is 19.7 Å². The van der Waals surface area contributed by atoms with Gasteiger partial charge in [-0.1, -0.05) is 17.8 Å². The van der Waals surface area contributed by atoms with Crippen LogP contribution in [0.15, 0.2) is 29.4 Å². The number of anilines is 1. The minimum Gasteiger partial charge on any atom is -0.378 e. The van der Waals surface area contributed by atoms with Crippen molar-refractivity contribution in [2.24, 2.45) is 7.05 Å². The highest BCUT2D eigenvalue weighted by molar-refractivity contribution is 7.99. The largest absolute Gasteiger partial charge is 0.416 e. The normalized spacial score (nSPS) is 19.7. The number of likely N-dealkylation sites (tertiary alicyclic amines) is 1. The molecule has 0 bridgehead atoms. The summed E-state index contributed by atoms with van der Waals surface area (Å²) < 4.78 is 40.3. The molecule has 2 aromatic rings. The Kier molecular flexibility index (Phi) is 6.95. The van der Waals surface area contributed by atoms with Crippen LogP contribution in [-0.4, -0.2) is 43.4 Å². The zero-order valence-corrected chi connectivity index (χ0v) is 18.1. The first-order valence-corrected chi connectivity index (χ1v) is 10.9. The maximum atomic E-state index is 12.8. The predicted molar refractivity (Wildman–Crippen MR) is 110 cm³/mol. The highest BCUT2D eigenvalue weighted by atomic mass is 32.2. The molecule has 0 aliphatic carbocycles. The van der Waals surface area contributed by atoms with E-state index in [-0.39, 0.29) is 30.3 Å². The second kappa shape index (κ2) is 9.28. The number of amides is 1. The van der Waals surface area contributed by atoms with E-state index in [9.17, 15) is 18.0 Å². The van der Waals surface area contributed by atoms with E-state index in [1.54, 1.807) is 17.7 Å². The lowest BCUT2D eigenvalue weighted by atomic mass is 9.98. The number of thioether (sulfide) groups is 1. The number of hydrogen-bond acceptors (Lipinski definition) is 5. The van der Waals surface area contributed by atoms with Crippen molar-refractivity contribution < 1.29 is 18.0 Å². The molecule has 0 saturated carbocycles. The molecule has 2 atom stereocenters. The molecule has 10 heteroatoms.